The Hall–Kier alpha value is -4.72. The quantitative estimate of drug-likeness (QED) is 0.134. The summed E-state index contributed by atoms with van der Waals surface area (Å²) in [5, 5.41) is 12.3. The van der Waals surface area contributed by atoms with Crippen LogP contribution in [-0.2, 0) is 27.8 Å². The van der Waals surface area contributed by atoms with Crippen LogP contribution >= 0.6 is 11.8 Å². The molecule has 0 bridgehead atoms. The molecule has 0 N–H and O–H groups in total. The molecule has 304 valence electrons. The molecule has 1 aliphatic rings. The van der Waals surface area contributed by atoms with Crippen LogP contribution in [-0.4, -0.2) is 148 Å². The number of ether oxygens (including phenoxy) is 3. The van der Waals surface area contributed by atoms with Crippen molar-refractivity contribution in [3.05, 3.63) is 29.1 Å². The molecule has 1 aliphatic heterocycles. The van der Waals surface area contributed by atoms with Gasteiger partial charge in [0.15, 0.2) is 10.7 Å². The van der Waals surface area contributed by atoms with Gasteiger partial charge >= 0.3 is 24.1 Å². The van der Waals surface area contributed by atoms with Gasteiger partial charge in [0.1, 0.15) is 33.7 Å². The molecule has 0 aromatic carbocycles. The van der Waals surface area contributed by atoms with Crippen LogP contribution in [0.15, 0.2) is 29.0 Å². The molecule has 4 rings (SSSR count). The van der Waals surface area contributed by atoms with E-state index in [2.05, 4.69) is 24.8 Å². The number of carbonyl (C=O) groups is 3. The zero-order valence-electron chi connectivity index (χ0n) is 33.6. The number of amides is 3. The van der Waals surface area contributed by atoms with Crippen molar-refractivity contribution in [3.63, 3.8) is 0 Å². The van der Waals surface area contributed by atoms with Crippen molar-refractivity contribution < 1.29 is 33.5 Å². The van der Waals surface area contributed by atoms with Crippen molar-refractivity contribution in [1.29, 1.82) is 0 Å². The van der Waals surface area contributed by atoms with E-state index in [9.17, 15) is 24.5 Å². The summed E-state index contributed by atoms with van der Waals surface area (Å²) in [6, 6.07) is 0. The number of hydrogen-bond donors (Lipinski definition) is 0. The highest BCUT2D eigenvalue weighted by atomic mass is 32.2. The molecule has 19 nitrogen and oxygen atoms in total. The summed E-state index contributed by atoms with van der Waals surface area (Å²) in [6.45, 7) is 19.6. The highest BCUT2D eigenvalue weighted by molar-refractivity contribution is 7.99. The first-order chi connectivity index (χ1) is 25.6. The highest BCUT2D eigenvalue weighted by Gasteiger charge is 2.30. The third-order valence-electron chi connectivity index (χ3n) is 8.08. The van der Waals surface area contributed by atoms with E-state index in [0.29, 0.717) is 66.9 Å². The molecular weight excluding hydrogens is 735 g/mol. The van der Waals surface area contributed by atoms with Crippen molar-refractivity contribution in [1.82, 2.24) is 48.7 Å². The van der Waals surface area contributed by atoms with Gasteiger partial charge in [0.25, 0.3) is 0 Å². The van der Waals surface area contributed by atoms with Gasteiger partial charge in [0, 0.05) is 66.0 Å². The highest BCUT2D eigenvalue weighted by Crippen LogP contribution is 2.35. The summed E-state index contributed by atoms with van der Waals surface area (Å²) in [7, 11) is 1.68. The average molecular weight is 790 g/mol. The lowest BCUT2D eigenvalue weighted by Gasteiger charge is -2.35. The third kappa shape index (κ3) is 12.9. The molecule has 3 aromatic heterocycles. The molecule has 0 saturated carbocycles. The normalized spacial score (nSPS) is 15.7. The predicted octanol–water partition coefficient (Wildman–Crippen LogP) is 5.04. The fourth-order valence-corrected chi connectivity index (χ4v) is 6.44. The molecule has 4 heterocycles. The van der Waals surface area contributed by atoms with Crippen LogP contribution in [0.1, 0.15) is 68.7 Å². The maximum Gasteiger partial charge on any atom is 0.410 e. The molecule has 0 unspecified atom stereocenters. The minimum absolute atomic E-state index is 0.167. The van der Waals surface area contributed by atoms with Gasteiger partial charge in [-0.05, 0) is 96.9 Å². The van der Waals surface area contributed by atoms with Gasteiger partial charge in [0.05, 0.1) is 6.33 Å². The number of rotatable bonds is 7. The maximum absolute atomic E-state index is 13.4. The van der Waals surface area contributed by atoms with Crippen molar-refractivity contribution in [2.75, 3.05) is 58.9 Å². The SMILES string of the molecule is Cn1cnc([N+](=O)[O-])c1Sc1ncnc2c1ncn2CCCN1CCN(C(=O)OC(C)(C)C)CCN(C(=O)OC(C)(C)C)CCN(C(=O)OC(C)(C)C)CC1. The van der Waals surface area contributed by atoms with Crippen molar-refractivity contribution >= 4 is 47.0 Å². The first-order valence-corrected chi connectivity index (χ1v) is 19.1. The van der Waals surface area contributed by atoms with Crippen LogP contribution in [0.5, 0.6) is 0 Å². The number of aryl methyl sites for hydroxylation is 2. The van der Waals surface area contributed by atoms with Crippen molar-refractivity contribution in [2.45, 2.75) is 102 Å². The molecule has 0 radical (unpaired) electrons. The van der Waals surface area contributed by atoms with Crippen molar-refractivity contribution in [2.24, 2.45) is 7.05 Å². The monoisotopic (exact) mass is 789 g/mol. The summed E-state index contributed by atoms with van der Waals surface area (Å²) < 4.78 is 20.7. The zero-order chi connectivity index (χ0) is 40.7. The van der Waals surface area contributed by atoms with Crippen LogP contribution in [0.3, 0.4) is 0 Å². The van der Waals surface area contributed by atoms with E-state index in [4.69, 9.17) is 14.2 Å². The van der Waals surface area contributed by atoms with E-state index in [0.717, 1.165) is 11.8 Å². The van der Waals surface area contributed by atoms with E-state index in [1.807, 2.05) is 4.57 Å². The lowest BCUT2D eigenvalue weighted by Crippen LogP contribution is -2.51. The van der Waals surface area contributed by atoms with Crippen LogP contribution in [0.25, 0.3) is 11.2 Å². The van der Waals surface area contributed by atoms with E-state index in [1.54, 1.807) is 90.1 Å². The average Bonchev–Trinajstić information content (AvgIpc) is 3.63. The predicted molar refractivity (Wildman–Crippen MR) is 204 cm³/mol. The molecule has 0 atom stereocenters. The van der Waals surface area contributed by atoms with Crippen LogP contribution in [0, 0.1) is 10.1 Å². The molecule has 3 aromatic rings. The largest absolute Gasteiger partial charge is 0.444 e. The molecule has 1 saturated heterocycles. The van der Waals surface area contributed by atoms with Gasteiger partial charge in [-0.2, -0.15) is 0 Å². The number of nitro groups is 1. The number of fused-ring (bicyclic) bond motifs is 1. The Morgan fingerprint density at radius 1 is 0.709 bits per heavy atom. The summed E-state index contributed by atoms with van der Waals surface area (Å²) in [4.78, 5) is 75.3. The number of nitrogens with zero attached hydrogens (tertiary/aromatic N) is 11. The summed E-state index contributed by atoms with van der Waals surface area (Å²) in [5.74, 6) is -0.263. The second-order valence-electron chi connectivity index (χ2n) is 16.2. The fourth-order valence-electron chi connectivity index (χ4n) is 5.51. The second kappa shape index (κ2) is 17.8. The first-order valence-electron chi connectivity index (χ1n) is 18.3. The number of aromatic nitrogens is 6. The van der Waals surface area contributed by atoms with Gasteiger partial charge in [-0.15, -0.1) is 0 Å². The van der Waals surface area contributed by atoms with Gasteiger partial charge in [-0.1, -0.05) is 0 Å². The fraction of sp³-hybridized carbons (Fsp3) is 0.686. The van der Waals surface area contributed by atoms with E-state index in [-0.39, 0.29) is 32.0 Å². The summed E-state index contributed by atoms with van der Waals surface area (Å²) in [6.07, 6.45) is 3.60. The lowest BCUT2D eigenvalue weighted by atomic mass is 10.2. The molecule has 1 fully saturated rings. The van der Waals surface area contributed by atoms with E-state index < -0.39 is 40.0 Å². The Morgan fingerprint density at radius 2 is 1.18 bits per heavy atom. The van der Waals surface area contributed by atoms with Gasteiger partial charge < -0.3 is 48.2 Å². The lowest BCUT2D eigenvalue weighted by molar-refractivity contribution is -0.392. The van der Waals surface area contributed by atoms with Crippen LogP contribution < -0.4 is 0 Å². The maximum atomic E-state index is 13.4. The minimum atomic E-state index is -0.739. The Morgan fingerprint density at radius 3 is 1.64 bits per heavy atom. The first kappa shape index (κ1) is 43.0. The zero-order valence-corrected chi connectivity index (χ0v) is 34.4. The van der Waals surface area contributed by atoms with E-state index in [1.165, 1.54) is 17.6 Å². The molecule has 0 aliphatic carbocycles. The second-order valence-corrected chi connectivity index (χ2v) is 17.2. The van der Waals surface area contributed by atoms with E-state index >= 15 is 0 Å². The Labute approximate surface area is 325 Å². The molecule has 20 heteroatoms. The molecule has 3 amide bonds. The summed E-state index contributed by atoms with van der Waals surface area (Å²) in [5.41, 5.74) is -1.09. The topological polar surface area (TPSA) is 196 Å². The molecular formula is C35H55N11O8S. The Kier molecular flexibility index (Phi) is 13.9. The number of hydrogen-bond acceptors (Lipinski definition) is 14. The Balaban J connectivity index is 1.54. The van der Waals surface area contributed by atoms with Gasteiger partial charge in [0.2, 0.25) is 6.33 Å². The summed E-state index contributed by atoms with van der Waals surface area (Å²) >= 11 is 1.10. The standard InChI is InChI=1S/C35H55N11O8S/c1-33(2,3)52-30(47)42-16-14-41(15-17-43(31(48)53-34(4,5)6)19-21-44(20-18-42)32(49)54-35(7,8)9)12-11-13-45-24-38-25-26(45)36-22-37-28(25)55-29-27(46(50)51)39-23-40(29)10/h22-24H,11-21H2,1-10H3. The number of imidazole rings is 2. The smallest absolute Gasteiger partial charge is 0.410 e. The number of carbonyl (C=O) groups excluding carboxylic acids is 3. The molecule has 55 heavy (non-hydrogen) atoms. The van der Waals surface area contributed by atoms with Gasteiger partial charge in [-0.25, -0.2) is 29.3 Å². The van der Waals surface area contributed by atoms with Crippen LogP contribution in [0.2, 0.25) is 0 Å². The van der Waals surface area contributed by atoms with Crippen molar-refractivity contribution in [3.8, 4) is 0 Å². The molecule has 0 spiro atoms. The Bertz CT molecular complexity index is 1770. The minimum Gasteiger partial charge on any atom is -0.444 e. The third-order valence-corrected chi connectivity index (χ3v) is 9.24. The van der Waals surface area contributed by atoms with Crippen LogP contribution in [0.4, 0.5) is 20.2 Å². The van der Waals surface area contributed by atoms with Gasteiger partial charge in [-0.3, -0.25) is 4.90 Å².